The number of halogens is 4. The summed E-state index contributed by atoms with van der Waals surface area (Å²) >= 11 is 6.06. The van der Waals surface area contributed by atoms with E-state index in [0.717, 1.165) is 23.8 Å². The third kappa shape index (κ3) is 4.79. The zero-order chi connectivity index (χ0) is 26.3. The maximum atomic E-state index is 13.8. The summed E-state index contributed by atoms with van der Waals surface area (Å²) in [7, 11) is 0. The van der Waals surface area contributed by atoms with Gasteiger partial charge in [0.05, 0.1) is 39.8 Å². The number of amides is 2. The van der Waals surface area contributed by atoms with Gasteiger partial charge < -0.3 is 14.8 Å². The summed E-state index contributed by atoms with van der Waals surface area (Å²) in [5.41, 5.74) is 1.20. The molecule has 2 amide bonds. The van der Waals surface area contributed by atoms with Gasteiger partial charge >= 0.3 is 6.18 Å². The van der Waals surface area contributed by atoms with Crippen molar-refractivity contribution in [3.63, 3.8) is 0 Å². The van der Waals surface area contributed by atoms with Gasteiger partial charge in [0.2, 0.25) is 11.8 Å². The topological polar surface area (TPSA) is 67.2 Å². The molecule has 0 radical (unpaired) electrons. The number of para-hydroxylation sites is 2. The predicted octanol–water partition coefficient (Wildman–Crippen LogP) is 6.38. The molecule has 37 heavy (non-hydrogen) atoms. The first-order valence-electron chi connectivity index (χ1n) is 11.6. The second-order valence-corrected chi connectivity index (χ2v) is 9.32. The van der Waals surface area contributed by atoms with Gasteiger partial charge in [0, 0.05) is 6.54 Å². The summed E-state index contributed by atoms with van der Waals surface area (Å²) in [5.74, 6) is -0.290. The molecule has 0 aliphatic carbocycles. The van der Waals surface area contributed by atoms with Crippen LogP contribution in [-0.2, 0) is 22.3 Å². The molecule has 1 aromatic heterocycles. The third-order valence-corrected chi connectivity index (χ3v) is 6.82. The standard InChI is InChI=1S/C27H22ClF3N4O2/c1-16-25-33-20-9-5-6-10-22(20)35(25)23(26(37)34(16)15-17-7-3-2-4-8-17)14-24(36)32-21-13-18(27(29,30)31)11-12-19(21)28/h2-13,16,23H,14-15H2,1H3,(H,32,36). The Morgan fingerprint density at radius 3 is 2.49 bits per heavy atom. The summed E-state index contributed by atoms with van der Waals surface area (Å²) in [6.07, 6.45) is -4.90. The number of nitrogens with one attached hydrogen (secondary N) is 1. The Kier molecular flexibility index (Phi) is 6.41. The van der Waals surface area contributed by atoms with E-state index in [-0.39, 0.29) is 29.1 Å². The van der Waals surface area contributed by atoms with Crippen molar-refractivity contribution in [2.45, 2.75) is 38.1 Å². The zero-order valence-corrected chi connectivity index (χ0v) is 20.4. The van der Waals surface area contributed by atoms with Crippen LogP contribution in [0.3, 0.4) is 0 Å². The number of carbonyl (C=O) groups excluding carboxylic acids is 2. The van der Waals surface area contributed by atoms with E-state index in [2.05, 4.69) is 5.32 Å². The second-order valence-electron chi connectivity index (χ2n) is 8.92. The van der Waals surface area contributed by atoms with Gasteiger partial charge in [-0.05, 0) is 42.8 Å². The highest BCUT2D eigenvalue weighted by Crippen LogP contribution is 2.38. The fraction of sp³-hybridized carbons (Fsp3) is 0.222. The van der Waals surface area contributed by atoms with Gasteiger partial charge in [-0.3, -0.25) is 9.59 Å². The van der Waals surface area contributed by atoms with E-state index in [9.17, 15) is 22.8 Å². The van der Waals surface area contributed by atoms with Crippen LogP contribution in [0.25, 0.3) is 11.0 Å². The Hall–Kier alpha value is -3.85. The maximum absolute atomic E-state index is 13.8. The summed E-state index contributed by atoms with van der Waals surface area (Å²) < 4.78 is 41.3. The summed E-state index contributed by atoms with van der Waals surface area (Å²) in [6.45, 7) is 2.21. The van der Waals surface area contributed by atoms with E-state index >= 15 is 0 Å². The quantitative estimate of drug-likeness (QED) is 0.328. The van der Waals surface area contributed by atoms with Gasteiger partial charge in [0.25, 0.3) is 0 Å². The second kappa shape index (κ2) is 9.55. The molecule has 2 heterocycles. The molecule has 0 saturated heterocycles. The minimum absolute atomic E-state index is 0.0376. The number of rotatable bonds is 5. The van der Waals surface area contributed by atoms with E-state index in [0.29, 0.717) is 23.4 Å². The van der Waals surface area contributed by atoms with Gasteiger partial charge in [0.15, 0.2) is 0 Å². The smallest absolute Gasteiger partial charge is 0.327 e. The Labute approximate surface area is 215 Å². The number of fused-ring (bicyclic) bond motifs is 3. The number of hydrogen-bond acceptors (Lipinski definition) is 3. The van der Waals surface area contributed by atoms with Crippen molar-refractivity contribution in [1.29, 1.82) is 0 Å². The molecule has 1 N–H and O–H groups in total. The zero-order valence-electron chi connectivity index (χ0n) is 19.7. The van der Waals surface area contributed by atoms with Crippen LogP contribution in [0.4, 0.5) is 18.9 Å². The van der Waals surface area contributed by atoms with Crippen LogP contribution in [0.1, 0.15) is 42.4 Å². The highest BCUT2D eigenvalue weighted by Gasteiger charge is 2.40. The van der Waals surface area contributed by atoms with Crippen LogP contribution in [0, 0.1) is 0 Å². The van der Waals surface area contributed by atoms with Crippen LogP contribution >= 0.6 is 11.6 Å². The molecule has 1 aliphatic heterocycles. The van der Waals surface area contributed by atoms with E-state index in [1.54, 1.807) is 9.47 Å². The first-order valence-corrected chi connectivity index (χ1v) is 12.0. The molecule has 4 aromatic rings. The number of carbonyl (C=O) groups is 2. The average molecular weight is 527 g/mol. The van der Waals surface area contributed by atoms with Gasteiger partial charge in [-0.25, -0.2) is 4.98 Å². The molecule has 10 heteroatoms. The molecular weight excluding hydrogens is 505 g/mol. The number of hydrogen-bond donors (Lipinski definition) is 1. The van der Waals surface area contributed by atoms with Crippen LogP contribution < -0.4 is 5.32 Å². The summed E-state index contributed by atoms with van der Waals surface area (Å²) in [5, 5.41) is 2.42. The minimum atomic E-state index is -4.60. The maximum Gasteiger partial charge on any atom is 0.416 e. The summed E-state index contributed by atoms with van der Waals surface area (Å²) in [4.78, 5) is 33.3. The lowest BCUT2D eigenvalue weighted by molar-refractivity contribution is -0.142. The van der Waals surface area contributed by atoms with Gasteiger partial charge in [-0.15, -0.1) is 0 Å². The van der Waals surface area contributed by atoms with Crippen molar-refractivity contribution < 1.29 is 22.8 Å². The molecule has 2 atom stereocenters. The molecular formula is C27H22ClF3N4O2. The Morgan fingerprint density at radius 1 is 1.05 bits per heavy atom. The molecule has 3 aromatic carbocycles. The number of anilines is 1. The van der Waals surface area contributed by atoms with Crippen molar-refractivity contribution in [1.82, 2.24) is 14.5 Å². The van der Waals surface area contributed by atoms with E-state index in [4.69, 9.17) is 16.6 Å². The van der Waals surface area contributed by atoms with Crippen molar-refractivity contribution >= 4 is 40.1 Å². The Balaban J connectivity index is 1.49. The molecule has 1 aliphatic rings. The van der Waals surface area contributed by atoms with Gasteiger partial charge in [-0.2, -0.15) is 13.2 Å². The molecule has 0 bridgehead atoms. The van der Waals surface area contributed by atoms with Crippen LogP contribution in [-0.4, -0.2) is 26.3 Å². The van der Waals surface area contributed by atoms with Crippen LogP contribution in [0.15, 0.2) is 72.8 Å². The number of nitrogens with zero attached hydrogens (tertiary/aromatic N) is 3. The lowest BCUT2D eigenvalue weighted by Gasteiger charge is -2.38. The van der Waals surface area contributed by atoms with E-state index in [1.807, 2.05) is 61.5 Å². The van der Waals surface area contributed by atoms with Crippen molar-refractivity contribution in [2.75, 3.05) is 5.32 Å². The number of aromatic nitrogens is 2. The molecule has 0 fully saturated rings. The van der Waals surface area contributed by atoms with Crippen molar-refractivity contribution in [2.24, 2.45) is 0 Å². The molecule has 5 rings (SSSR count). The van der Waals surface area contributed by atoms with E-state index < -0.39 is 23.7 Å². The van der Waals surface area contributed by atoms with Gasteiger partial charge in [0.1, 0.15) is 11.9 Å². The fourth-order valence-corrected chi connectivity index (χ4v) is 4.83. The molecule has 190 valence electrons. The monoisotopic (exact) mass is 526 g/mol. The minimum Gasteiger partial charge on any atom is -0.327 e. The SMILES string of the molecule is CC1c2nc3ccccc3n2C(CC(=O)Nc2cc(C(F)(F)F)ccc2Cl)C(=O)N1Cc1ccccc1. The number of alkyl halides is 3. The molecule has 6 nitrogen and oxygen atoms in total. The van der Waals surface area contributed by atoms with Gasteiger partial charge in [-0.1, -0.05) is 54.1 Å². The normalized spacial score (nSPS) is 17.6. The third-order valence-electron chi connectivity index (χ3n) is 6.49. The highest BCUT2D eigenvalue weighted by molar-refractivity contribution is 6.33. The van der Waals surface area contributed by atoms with Crippen molar-refractivity contribution in [3.8, 4) is 0 Å². The van der Waals surface area contributed by atoms with Crippen LogP contribution in [0.5, 0.6) is 0 Å². The lowest BCUT2D eigenvalue weighted by atomic mass is 10.0. The van der Waals surface area contributed by atoms with E-state index in [1.165, 1.54) is 0 Å². The largest absolute Gasteiger partial charge is 0.416 e. The Bertz CT molecular complexity index is 1490. The highest BCUT2D eigenvalue weighted by atomic mass is 35.5. The average Bonchev–Trinajstić information content (AvgIpc) is 3.25. The Morgan fingerprint density at radius 2 is 1.76 bits per heavy atom. The molecule has 0 spiro atoms. The first-order chi connectivity index (χ1) is 17.6. The first kappa shape index (κ1) is 24.8. The molecule has 2 unspecified atom stereocenters. The number of benzene rings is 3. The lowest BCUT2D eigenvalue weighted by Crippen LogP contribution is -2.45. The fourth-order valence-electron chi connectivity index (χ4n) is 4.67. The summed E-state index contributed by atoms with van der Waals surface area (Å²) in [6, 6.07) is 18.2. The van der Waals surface area contributed by atoms with Crippen LogP contribution in [0.2, 0.25) is 5.02 Å². The number of imidazole rings is 1. The molecule has 0 saturated carbocycles. The predicted molar refractivity (Wildman–Crippen MR) is 134 cm³/mol. The van der Waals surface area contributed by atoms with Crippen molar-refractivity contribution in [3.05, 3.63) is 94.8 Å².